The highest BCUT2D eigenvalue weighted by molar-refractivity contribution is 7.85. The molecule has 4 aromatic rings. The summed E-state index contributed by atoms with van der Waals surface area (Å²) in [5.41, 5.74) is -0.342. The fraction of sp³-hybridized carbons (Fsp3) is 0.0455. The Bertz CT molecular complexity index is 1550. The van der Waals surface area contributed by atoms with Gasteiger partial charge in [-0.05, 0) is 48.0 Å². The Morgan fingerprint density at radius 3 is 2.28 bits per heavy atom. The molecule has 0 radical (unpaired) electrons. The van der Waals surface area contributed by atoms with Crippen molar-refractivity contribution in [2.75, 3.05) is 7.11 Å². The van der Waals surface area contributed by atoms with Crippen LogP contribution in [-0.2, 0) is 10.1 Å². The fourth-order valence-electron chi connectivity index (χ4n) is 3.40. The van der Waals surface area contributed by atoms with Gasteiger partial charge in [-0.2, -0.15) is 8.42 Å². The molecule has 1 N–H and O–H groups in total. The smallest absolute Gasteiger partial charge is 0.294 e. The average Bonchev–Trinajstić information content (AvgIpc) is 2.74. The molecule has 1 aromatic heterocycles. The van der Waals surface area contributed by atoms with Gasteiger partial charge in [0, 0.05) is 23.1 Å². The van der Waals surface area contributed by atoms with E-state index in [2.05, 4.69) is 0 Å². The molecule has 32 heavy (non-hydrogen) atoms. The van der Waals surface area contributed by atoms with Crippen LogP contribution in [-0.4, -0.2) is 24.6 Å². The van der Waals surface area contributed by atoms with Gasteiger partial charge in [0.15, 0.2) is 11.6 Å². The van der Waals surface area contributed by atoms with Crippen molar-refractivity contribution in [1.82, 2.24) is 4.57 Å². The summed E-state index contributed by atoms with van der Waals surface area (Å²) < 4.78 is 80.5. The molecule has 0 amide bonds. The van der Waals surface area contributed by atoms with Crippen LogP contribution in [0.25, 0.3) is 27.7 Å². The van der Waals surface area contributed by atoms with Gasteiger partial charge in [0.1, 0.15) is 11.6 Å². The van der Waals surface area contributed by atoms with Gasteiger partial charge in [0.2, 0.25) is 0 Å². The van der Waals surface area contributed by atoms with Gasteiger partial charge in [-0.3, -0.25) is 13.9 Å². The largest absolute Gasteiger partial charge is 0.495 e. The molecule has 0 unspecified atom stereocenters. The van der Waals surface area contributed by atoms with Crippen LogP contribution in [0, 0.1) is 17.5 Å². The van der Waals surface area contributed by atoms with Crippen molar-refractivity contribution < 1.29 is 30.9 Å². The maximum absolute atomic E-state index is 15.0. The van der Waals surface area contributed by atoms with Crippen LogP contribution in [0.5, 0.6) is 5.75 Å². The Morgan fingerprint density at radius 1 is 0.875 bits per heavy atom. The Morgan fingerprint density at radius 2 is 1.62 bits per heavy atom. The summed E-state index contributed by atoms with van der Waals surface area (Å²) in [4.78, 5) is 12.3. The molecule has 4 rings (SSSR count). The molecule has 10 heteroatoms. The number of hydrogen-bond donors (Lipinski definition) is 1. The van der Waals surface area contributed by atoms with E-state index < -0.39 is 33.1 Å². The van der Waals surface area contributed by atoms with Crippen LogP contribution in [0.1, 0.15) is 0 Å². The lowest BCUT2D eigenvalue weighted by molar-refractivity contribution is 0.412. The molecule has 0 atom stereocenters. The van der Waals surface area contributed by atoms with Gasteiger partial charge < -0.3 is 4.74 Å². The zero-order valence-corrected chi connectivity index (χ0v) is 17.2. The Hall–Kier alpha value is -3.63. The highest BCUT2D eigenvalue weighted by Crippen LogP contribution is 2.34. The molecule has 0 fully saturated rings. The van der Waals surface area contributed by atoms with E-state index in [1.807, 2.05) is 0 Å². The minimum Gasteiger partial charge on any atom is -0.495 e. The van der Waals surface area contributed by atoms with Crippen molar-refractivity contribution in [3.05, 3.63) is 88.5 Å². The summed E-state index contributed by atoms with van der Waals surface area (Å²) in [6, 6.07) is 11.2. The molecular weight excluding hydrogens is 447 g/mol. The van der Waals surface area contributed by atoms with Crippen LogP contribution >= 0.6 is 0 Å². The fourth-order valence-corrected chi connectivity index (χ4v) is 3.91. The van der Waals surface area contributed by atoms with Gasteiger partial charge in [-0.15, -0.1) is 0 Å². The van der Waals surface area contributed by atoms with Gasteiger partial charge in [-0.25, -0.2) is 13.2 Å². The number of nitrogens with zero attached hydrogens (tertiary/aromatic N) is 1. The first-order valence-electron chi connectivity index (χ1n) is 9.07. The zero-order valence-electron chi connectivity index (χ0n) is 16.3. The number of aromatic nitrogens is 1. The lowest BCUT2D eigenvalue weighted by Gasteiger charge is -2.16. The third-order valence-corrected chi connectivity index (χ3v) is 5.75. The van der Waals surface area contributed by atoms with E-state index in [0.29, 0.717) is 0 Å². The Balaban J connectivity index is 1.97. The van der Waals surface area contributed by atoms with E-state index in [9.17, 15) is 26.5 Å². The van der Waals surface area contributed by atoms with Gasteiger partial charge in [0.25, 0.3) is 15.7 Å². The second kappa shape index (κ2) is 7.81. The summed E-state index contributed by atoms with van der Waals surface area (Å²) in [5, 5.41) is 0.284. The second-order valence-corrected chi connectivity index (χ2v) is 8.26. The lowest BCUT2D eigenvalue weighted by Crippen LogP contribution is -2.18. The monoisotopic (exact) mass is 461 g/mol. The minimum absolute atomic E-state index is 0.00605. The number of methoxy groups -OCH3 is 1. The van der Waals surface area contributed by atoms with Gasteiger partial charge in [0.05, 0.1) is 23.2 Å². The van der Waals surface area contributed by atoms with Crippen molar-refractivity contribution in [2.24, 2.45) is 0 Å². The molecule has 0 saturated heterocycles. The maximum atomic E-state index is 15.0. The molecule has 0 aliphatic heterocycles. The first-order chi connectivity index (χ1) is 15.1. The van der Waals surface area contributed by atoms with Crippen LogP contribution < -0.4 is 10.3 Å². The molecule has 6 nitrogen and oxygen atoms in total. The molecule has 0 aliphatic rings. The number of fused-ring (bicyclic) bond motifs is 1. The van der Waals surface area contributed by atoms with Gasteiger partial charge >= 0.3 is 0 Å². The van der Waals surface area contributed by atoms with E-state index in [1.165, 1.54) is 37.4 Å². The second-order valence-electron chi connectivity index (χ2n) is 6.84. The van der Waals surface area contributed by atoms with E-state index in [1.54, 1.807) is 0 Å². The predicted octanol–water partition coefficient (Wildman–Crippen LogP) is 4.33. The number of ether oxygens (including phenoxy) is 1. The number of benzene rings is 3. The lowest BCUT2D eigenvalue weighted by atomic mass is 10.0. The molecule has 1 heterocycles. The van der Waals surface area contributed by atoms with Crippen LogP contribution in [0.3, 0.4) is 0 Å². The number of halogens is 3. The third kappa shape index (κ3) is 3.74. The molecule has 0 spiro atoms. The number of pyridine rings is 1. The average molecular weight is 461 g/mol. The molecule has 0 saturated carbocycles. The standard InChI is InChI=1S/C22H14F3NO5S/c1-31-21-10-15(12-2-5-16(23)18(25)9-12)17(24)11-20(21)26-19-6-4-14(32(28,29)30)8-13(19)3-7-22(26)27/h2-11H,1H3,(H,28,29,30). The Kier molecular flexibility index (Phi) is 5.27. The van der Waals surface area contributed by atoms with E-state index >= 15 is 4.39 Å². The summed E-state index contributed by atoms with van der Waals surface area (Å²) in [6.45, 7) is 0. The molecule has 0 aliphatic carbocycles. The Labute approximate surface area is 179 Å². The highest BCUT2D eigenvalue weighted by Gasteiger charge is 2.18. The molecule has 164 valence electrons. The normalized spacial score (nSPS) is 11.7. The predicted molar refractivity (Wildman–Crippen MR) is 111 cm³/mol. The summed E-state index contributed by atoms with van der Waals surface area (Å²) >= 11 is 0. The molecular formula is C22H14F3NO5S. The first-order valence-corrected chi connectivity index (χ1v) is 10.5. The SMILES string of the molecule is COc1cc(-c2ccc(F)c(F)c2)c(F)cc1-n1c(=O)ccc2cc(S(=O)(=O)O)ccc21. The summed E-state index contributed by atoms with van der Waals surface area (Å²) in [6.07, 6.45) is 0. The van der Waals surface area contributed by atoms with Crippen molar-refractivity contribution in [1.29, 1.82) is 0 Å². The van der Waals surface area contributed by atoms with Crippen molar-refractivity contribution in [3.63, 3.8) is 0 Å². The number of rotatable bonds is 4. The first kappa shape index (κ1) is 21.6. The minimum atomic E-state index is -4.47. The van der Waals surface area contributed by atoms with Crippen molar-refractivity contribution >= 4 is 21.0 Å². The van der Waals surface area contributed by atoms with Crippen LogP contribution in [0.2, 0.25) is 0 Å². The topological polar surface area (TPSA) is 85.6 Å². The quantitative estimate of drug-likeness (QED) is 0.458. The summed E-state index contributed by atoms with van der Waals surface area (Å²) in [7, 11) is -3.18. The van der Waals surface area contributed by atoms with Crippen LogP contribution in [0.4, 0.5) is 13.2 Å². The van der Waals surface area contributed by atoms with Crippen LogP contribution in [0.15, 0.2) is 70.4 Å². The zero-order chi connectivity index (χ0) is 23.2. The van der Waals surface area contributed by atoms with Crippen molar-refractivity contribution in [3.8, 4) is 22.6 Å². The maximum Gasteiger partial charge on any atom is 0.294 e. The van der Waals surface area contributed by atoms with E-state index in [-0.39, 0.29) is 38.4 Å². The van der Waals surface area contributed by atoms with E-state index in [4.69, 9.17) is 4.74 Å². The summed E-state index contributed by atoms with van der Waals surface area (Å²) in [5.74, 6) is -3.00. The van der Waals surface area contributed by atoms with Gasteiger partial charge in [-0.1, -0.05) is 6.07 Å². The number of hydrogen-bond acceptors (Lipinski definition) is 4. The van der Waals surface area contributed by atoms with E-state index in [0.717, 1.165) is 34.9 Å². The third-order valence-electron chi connectivity index (χ3n) is 4.90. The highest BCUT2D eigenvalue weighted by atomic mass is 32.2. The molecule has 0 bridgehead atoms. The van der Waals surface area contributed by atoms with Crippen molar-refractivity contribution in [2.45, 2.75) is 4.90 Å². The molecule has 3 aromatic carbocycles.